The number of fused-ring (bicyclic) bond motifs is 1. The number of ketones is 1. The number of Topliss-reactive ketones (excluding diaryl/α,β-unsaturated/α-hetero) is 1. The van der Waals surface area contributed by atoms with Crippen molar-refractivity contribution >= 4 is 23.7 Å². The molecule has 0 saturated carbocycles. The molecule has 0 aromatic heterocycles. The number of carbonyl (C=O) groups is 2. The summed E-state index contributed by atoms with van der Waals surface area (Å²) < 4.78 is 4.29. The zero-order chi connectivity index (χ0) is 12.4. The third-order valence-corrected chi connectivity index (χ3v) is 3.41. The summed E-state index contributed by atoms with van der Waals surface area (Å²) in [5.74, 6) is -1.40. The molecule has 3 atom stereocenters. The van der Waals surface area contributed by atoms with Gasteiger partial charge in [0.2, 0.25) is 5.91 Å². The molecule has 92 valence electrons. The molecular formula is C10H11NO5S. The molecule has 7 heteroatoms. The van der Waals surface area contributed by atoms with Gasteiger partial charge in [0.05, 0.1) is 29.9 Å². The highest BCUT2D eigenvalue weighted by Crippen LogP contribution is 2.30. The average molecular weight is 257 g/mol. The Morgan fingerprint density at radius 2 is 2.24 bits per heavy atom. The third kappa shape index (κ3) is 2.42. The molecule has 1 amide bonds. The fourth-order valence-corrected chi connectivity index (χ4v) is 2.31. The van der Waals surface area contributed by atoms with E-state index in [4.69, 9.17) is 5.26 Å². The minimum Gasteiger partial charge on any atom is -0.348 e. The molecule has 0 spiro atoms. The number of piperidine rings is 1. The first-order valence-electron chi connectivity index (χ1n) is 5.02. The molecule has 2 aliphatic rings. The van der Waals surface area contributed by atoms with Gasteiger partial charge in [0.1, 0.15) is 0 Å². The topological polar surface area (TPSA) is 84.9 Å². The van der Waals surface area contributed by atoms with Crippen LogP contribution in [0.15, 0.2) is 23.1 Å². The zero-order valence-electron chi connectivity index (χ0n) is 8.95. The first-order valence-corrected chi connectivity index (χ1v) is 5.76. The monoisotopic (exact) mass is 257 g/mol. The van der Waals surface area contributed by atoms with Crippen LogP contribution in [0.1, 0.15) is 6.92 Å². The van der Waals surface area contributed by atoms with Crippen LogP contribution in [-0.2, 0) is 19.0 Å². The Balaban J connectivity index is 2.14. The van der Waals surface area contributed by atoms with Crippen molar-refractivity contribution in [3.63, 3.8) is 0 Å². The van der Waals surface area contributed by atoms with E-state index in [1.165, 1.54) is 0 Å². The molecule has 0 aromatic carbocycles. The zero-order valence-corrected chi connectivity index (χ0v) is 9.77. The van der Waals surface area contributed by atoms with E-state index < -0.39 is 11.8 Å². The summed E-state index contributed by atoms with van der Waals surface area (Å²) in [5.41, 5.74) is 0. The van der Waals surface area contributed by atoms with Crippen LogP contribution in [0.25, 0.3) is 0 Å². The summed E-state index contributed by atoms with van der Waals surface area (Å²) in [6.07, 6.45) is 5.09. The summed E-state index contributed by atoms with van der Waals surface area (Å²) in [4.78, 5) is 24.0. The van der Waals surface area contributed by atoms with E-state index >= 15 is 0 Å². The van der Waals surface area contributed by atoms with Gasteiger partial charge in [0.15, 0.2) is 5.78 Å². The van der Waals surface area contributed by atoms with Gasteiger partial charge in [0, 0.05) is 4.91 Å². The number of amides is 1. The van der Waals surface area contributed by atoms with E-state index in [-0.39, 0.29) is 17.7 Å². The molecule has 1 aliphatic carbocycles. The Kier molecular flexibility index (Phi) is 3.63. The summed E-state index contributed by atoms with van der Waals surface area (Å²) in [7, 11) is 0. The lowest BCUT2D eigenvalue weighted by Crippen LogP contribution is -2.53. The number of hydrogen-bond acceptors (Lipinski definition) is 6. The molecule has 6 nitrogen and oxygen atoms in total. The molecule has 0 bridgehead atoms. The van der Waals surface area contributed by atoms with Gasteiger partial charge in [-0.15, -0.1) is 4.33 Å². The van der Waals surface area contributed by atoms with Crippen molar-refractivity contribution < 1.29 is 24.2 Å². The van der Waals surface area contributed by atoms with Crippen LogP contribution < -0.4 is 5.32 Å². The minimum absolute atomic E-state index is 0.119. The second-order valence-electron chi connectivity index (χ2n) is 3.84. The van der Waals surface area contributed by atoms with E-state index in [0.717, 1.165) is 12.0 Å². The SMILES string of the molecule is CC1C(=O)NC2C=CC(SOOO)=CC2C1=O. The molecule has 1 saturated heterocycles. The Hall–Kier alpha value is -1.15. The second-order valence-corrected chi connectivity index (χ2v) is 4.61. The maximum atomic E-state index is 11.9. The van der Waals surface area contributed by atoms with Crippen LogP contribution in [0, 0.1) is 11.8 Å². The lowest BCUT2D eigenvalue weighted by molar-refractivity contribution is -0.431. The summed E-state index contributed by atoms with van der Waals surface area (Å²) >= 11 is 0.794. The van der Waals surface area contributed by atoms with Gasteiger partial charge in [-0.1, -0.05) is 17.2 Å². The first-order chi connectivity index (χ1) is 8.13. The first kappa shape index (κ1) is 12.3. The molecule has 3 unspecified atom stereocenters. The van der Waals surface area contributed by atoms with Gasteiger partial charge in [-0.05, 0) is 13.0 Å². The summed E-state index contributed by atoms with van der Waals surface area (Å²) in [6.45, 7) is 1.58. The Labute approximate surface area is 102 Å². The van der Waals surface area contributed by atoms with E-state index in [9.17, 15) is 9.59 Å². The van der Waals surface area contributed by atoms with E-state index in [2.05, 4.69) is 14.7 Å². The fourth-order valence-electron chi connectivity index (χ4n) is 1.87. The largest absolute Gasteiger partial charge is 0.348 e. The van der Waals surface area contributed by atoms with E-state index in [1.54, 1.807) is 25.2 Å². The molecule has 0 radical (unpaired) electrons. The Morgan fingerprint density at radius 1 is 1.47 bits per heavy atom. The summed E-state index contributed by atoms with van der Waals surface area (Å²) in [6, 6.07) is -0.300. The van der Waals surface area contributed by atoms with Crippen molar-refractivity contribution in [2.45, 2.75) is 13.0 Å². The van der Waals surface area contributed by atoms with Crippen LogP contribution in [0.2, 0.25) is 0 Å². The van der Waals surface area contributed by atoms with E-state index in [0.29, 0.717) is 4.91 Å². The van der Waals surface area contributed by atoms with Crippen LogP contribution >= 0.6 is 12.0 Å². The van der Waals surface area contributed by atoms with Crippen molar-refractivity contribution in [1.82, 2.24) is 5.32 Å². The number of rotatable bonds is 3. The van der Waals surface area contributed by atoms with Crippen LogP contribution in [0.3, 0.4) is 0 Å². The van der Waals surface area contributed by atoms with Gasteiger partial charge in [-0.25, -0.2) is 5.26 Å². The highest BCUT2D eigenvalue weighted by molar-refractivity contribution is 7.98. The van der Waals surface area contributed by atoms with Crippen molar-refractivity contribution in [1.29, 1.82) is 0 Å². The van der Waals surface area contributed by atoms with Gasteiger partial charge in [0.25, 0.3) is 0 Å². The number of hydrogen-bond donors (Lipinski definition) is 2. The highest BCUT2D eigenvalue weighted by Gasteiger charge is 2.39. The van der Waals surface area contributed by atoms with Crippen molar-refractivity contribution in [2.24, 2.45) is 11.8 Å². The molecule has 0 aromatic rings. The predicted molar refractivity (Wildman–Crippen MR) is 59.2 cm³/mol. The van der Waals surface area contributed by atoms with Gasteiger partial charge in [-0.2, -0.15) is 0 Å². The normalized spacial score (nSPS) is 31.9. The van der Waals surface area contributed by atoms with Gasteiger partial charge in [-0.3, -0.25) is 9.59 Å². The van der Waals surface area contributed by atoms with Crippen molar-refractivity contribution in [3.8, 4) is 0 Å². The molecule has 1 fully saturated rings. The van der Waals surface area contributed by atoms with Crippen LogP contribution in [-0.4, -0.2) is 23.0 Å². The van der Waals surface area contributed by atoms with Crippen molar-refractivity contribution in [2.75, 3.05) is 0 Å². The lowest BCUT2D eigenvalue weighted by atomic mass is 9.81. The van der Waals surface area contributed by atoms with Crippen LogP contribution in [0.5, 0.6) is 0 Å². The fraction of sp³-hybridized carbons (Fsp3) is 0.400. The van der Waals surface area contributed by atoms with Crippen LogP contribution in [0.4, 0.5) is 0 Å². The average Bonchev–Trinajstić information content (AvgIpc) is 2.34. The maximum absolute atomic E-state index is 11.9. The van der Waals surface area contributed by atoms with E-state index in [1.807, 2.05) is 0 Å². The van der Waals surface area contributed by atoms with Gasteiger partial charge >= 0.3 is 0 Å². The quantitative estimate of drug-likeness (QED) is 0.337. The maximum Gasteiger partial charge on any atom is 0.230 e. The third-order valence-electron chi connectivity index (χ3n) is 2.82. The predicted octanol–water partition coefficient (Wildman–Crippen LogP) is 0.829. The van der Waals surface area contributed by atoms with Crippen molar-refractivity contribution in [3.05, 3.63) is 23.1 Å². The Morgan fingerprint density at radius 3 is 2.94 bits per heavy atom. The number of carbonyl (C=O) groups excluding carboxylic acids is 2. The number of allylic oxidation sites excluding steroid dienone is 1. The molecule has 17 heavy (non-hydrogen) atoms. The number of nitrogens with one attached hydrogen (secondary N) is 1. The minimum atomic E-state index is -0.639. The molecular weight excluding hydrogens is 246 g/mol. The lowest BCUT2D eigenvalue weighted by Gasteiger charge is -2.32. The molecule has 2 N–H and O–H groups in total. The molecule has 1 heterocycles. The second kappa shape index (κ2) is 5.01. The summed E-state index contributed by atoms with van der Waals surface area (Å²) in [5, 5.41) is 14.3. The standard InChI is InChI=1S/C10H11NO5S/c1-5-9(12)7-4-6(17-16-15-14)2-3-8(7)11-10(5)13/h2-5,7-8,14H,1H3,(H,11,13). The Bertz CT molecular complexity index is 406. The smallest absolute Gasteiger partial charge is 0.230 e. The van der Waals surface area contributed by atoms with Gasteiger partial charge < -0.3 is 5.32 Å². The highest BCUT2D eigenvalue weighted by atomic mass is 32.2. The molecule has 1 aliphatic heterocycles. The molecule has 2 rings (SSSR count).